The Hall–Kier alpha value is -0.0800. The van der Waals surface area contributed by atoms with E-state index in [2.05, 4.69) is 13.8 Å². The van der Waals surface area contributed by atoms with E-state index in [9.17, 15) is 0 Å². The number of nitrogens with two attached hydrogens (primary N) is 1. The van der Waals surface area contributed by atoms with E-state index in [1.807, 2.05) is 0 Å². The Morgan fingerprint density at radius 2 is 2.14 bits per heavy atom. The Labute approximate surface area is 88.2 Å². The summed E-state index contributed by atoms with van der Waals surface area (Å²) in [6.45, 7) is 6.15. The smallest absolute Gasteiger partial charge is 0.0466 e. The van der Waals surface area contributed by atoms with Crippen molar-refractivity contribution in [2.75, 3.05) is 13.2 Å². The maximum Gasteiger partial charge on any atom is 0.0466 e. The second-order valence-electron chi connectivity index (χ2n) is 4.68. The highest BCUT2D eigenvalue weighted by Crippen LogP contribution is 2.30. The van der Waals surface area contributed by atoms with Crippen molar-refractivity contribution in [3.05, 3.63) is 0 Å². The predicted molar refractivity (Wildman–Crippen MR) is 60.2 cm³/mol. The first-order chi connectivity index (χ1) is 6.74. The van der Waals surface area contributed by atoms with E-state index < -0.39 is 0 Å². The molecular weight excluding hydrogens is 174 g/mol. The van der Waals surface area contributed by atoms with E-state index in [1.54, 1.807) is 0 Å². The molecule has 0 aliphatic heterocycles. The lowest BCUT2D eigenvalue weighted by Crippen LogP contribution is -2.35. The average Bonchev–Trinajstić information content (AvgIpc) is 2.18. The van der Waals surface area contributed by atoms with Crippen LogP contribution in [0.2, 0.25) is 0 Å². The van der Waals surface area contributed by atoms with Crippen LogP contribution in [0.1, 0.15) is 46.0 Å². The van der Waals surface area contributed by atoms with Gasteiger partial charge in [-0.15, -0.1) is 0 Å². The van der Waals surface area contributed by atoms with Gasteiger partial charge in [-0.05, 0) is 50.9 Å². The van der Waals surface area contributed by atoms with Crippen LogP contribution in [0.25, 0.3) is 0 Å². The minimum Gasteiger partial charge on any atom is -0.382 e. The molecule has 0 bridgehead atoms. The van der Waals surface area contributed by atoms with Crippen LogP contribution in [0.5, 0.6) is 0 Å². The summed E-state index contributed by atoms with van der Waals surface area (Å²) in [6, 6.07) is 0.452. The van der Waals surface area contributed by atoms with Gasteiger partial charge in [-0.3, -0.25) is 0 Å². The van der Waals surface area contributed by atoms with Crippen molar-refractivity contribution in [1.82, 2.24) is 0 Å². The van der Waals surface area contributed by atoms with Crippen molar-refractivity contribution in [3.63, 3.8) is 0 Å². The van der Waals surface area contributed by atoms with Gasteiger partial charge in [0.25, 0.3) is 0 Å². The van der Waals surface area contributed by atoms with Crippen LogP contribution in [0.3, 0.4) is 0 Å². The summed E-state index contributed by atoms with van der Waals surface area (Å²) < 4.78 is 5.35. The molecule has 1 aliphatic rings. The van der Waals surface area contributed by atoms with Gasteiger partial charge < -0.3 is 10.5 Å². The Morgan fingerprint density at radius 1 is 1.36 bits per heavy atom. The van der Waals surface area contributed by atoms with Gasteiger partial charge in [0.15, 0.2) is 0 Å². The predicted octanol–water partition coefficient (Wildman–Crippen LogP) is 2.57. The first-order valence-corrected chi connectivity index (χ1v) is 6.07. The molecule has 14 heavy (non-hydrogen) atoms. The maximum absolute atomic E-state index is 6.12. The highest BCUT2D eigenvalue weighted by molar-refractivity contribution is 4.80. The van der Waals surface area contributed by atoms with E-state index in [4.69, 9.17) is 10.5 Å². The number of hydrogen-bond acceptors (Lipinski definition) is 2. The average molecular weight is 199 g/mol. The van der Waals surface area contributed by atoms with Crippen molar-refractivity contribution in [3.8, 4) is 0 Å². The number of hydrogen-bond donors (Lipinski definition) is 1. The molecular formula is C12H25NO. The number of ether oxygens (including phenoxy) is 1. The molecule has 3 unspecified atom stereocenters. The highest BCUT2D eigenvalue weighted by atomic mass is 16.5. The van der Waals surface area contributed by atoms with Gasteiger partial charge in [0, 0.05) is 19.3 Å². The molecule has 84 valence electrons. The zero-order valence-electron chi connectivity index (χ0n) is 9.67. The zero-order valence-corrected chi connectivity index (χ0v) is 9.67. The molecule has 0 aromatic carbocycles. The fourth-order valence-corrected chi connectivity index (χ4v) is 2.45. The van der Waals surface area contributed by atoms with Crippen LogP contribution in [-0.4, -0.2) is 19.3 Å². The topological polar surface area (TPSA) is 35.2 Å². The first kappa shape index (κ1) is 12.0. The summed E-state index contributed by atoms with van der Waals surface area (Å²) in [4.78, 5) is 0. The molecule has 1 fully saturated rings. The molecule has 0 radical (unpaired) electrons. The second-order valence-corrected chi connectivity index (χ2v) is 4.68. The lowest BCUT2D eigenvalue weighted by Gasteiger charge is -2.32. The van der Waals surface area contributed by atoms with E-state index in [-0.39, 0.29) is 0 Å². The summed E-state index contributed by atoms with van der Waals surface area (Å²) in [5.74, 6) is 1.63. The van der Waals surface area contributed by atoms with Crippen LogP contribution < -0.4 is 5.73 Å². The van der Waals surface area contributed by atoms with Gasteiger partial charge in [-0.2, -0.15) is 0 Å². The maximum atomic E-state index is 6.12. The Balaban J connectivity index is 2.14. The molecule has 1 saturated carbocycles. The summed E-state index contributed by atoms with van der Waals surface area (Å²) in [5, 5.41) is 0. The molecule has 0 saturated heterocycles. The zero-order chi connectivity index (χ0) is 10.4. The summed E-state index contributed by atoms with van der Waals surface area (Å²) in [7, 11) is 0. The molecule has 1 rings (SSSR count). The van der Waals surface area contributed by atoms with Crippen LogP contribution in [0.15, 0.2) is 0 Å². The van der Waals surface area contributed by atoms with Crippen molar-refractivity contribution in [2.45, 2.75) is 52.0 Å². The SMILES string of the molecule is CCOCCCC1CC(C)CCC1N. The van der Waals surface area contributed by atoms with E-state index >= 15 is 0 Å². The minimum absolute atomic E-state index is 0.452. The monoisotopic (exact) mass is 199 g/mol. The van der Waals surface area contributed by atoms with E-state index in [0.29, 0.717) is 6.04 Å². The van der Waals surface area contributed by atoms with Crippen LogP contribution in [0.4, 0.5) is 0 Å². The van der Waals surface area contributed by atoms with E-state index in [0.717, 1.165) is 25.0 Å². The van der Waals surface area contributed by atoms with Gasteiger partial charge >= 0.3 is 0 Å². The van der Waals surface area contributed by atoms with Gasteiger partial charge in [0.1, 0.15) is 0 Å². The van der Waals surface area contributed by atoms with Gasteiger partial charge in [0.05, 0.1) is 0 Å². The van der Waals surface area contributed by atoms with Gasteiger partial charge in [-0.1, -0.05) is 6.92 Å². The number of rotatable bonds is 5. The molecule has 0 amide bonds. The van der Waals surface area contributed by atoms with Crippen LogP contribution in [0, 0.1) is 11.8 Å². The lowest BCUT2D eigenvalue weighted by atomic mass is 9.77. The second kappa shape index (κ2) is 6.41. The van der Waals surface area contributed by atoms with Crippen molar-refractivity contribution in [2.24, 2.45) is 17.6 Å². The summed E-state index contributed by atoms with van der Waals surface area (Å²) in [6.07, 6.45) is 6.31. The minimum atomic E-state index is 0.452. The third-order valence-electron chi connectivity index (χ3n) is 3.37. The van der Waals surface area contributed by atoms with Gasteiger partial charge in [0.2, 0.25) is 0 Å². The summed E-state index contributed by atoms with van der Waals surface area (Å²) >= 11 is 0. The van der Waals surface area contributed by atoms with Crippen molar-refractivity contribution < 1.29 is 4.74 Å². The fraction of sp³-hybridized carbons (Fsp3) is 1.00. The van der Waals surface area contributed by atoms with Crippen LogP contribution >= 0.6 is 0 Å². The summed E-state index contributed by atoms with van der Waals surface area (Å²) in [5.41, 5.74) is 6.12. The molecule has 0 heterocycles. The van der Waals surface area contributed by atoms with Gasteiger partial charge in [-0.25, -0.2) is 0 Å². The van der Waals surface area contributed by atoms with Crippen molar-refractivity contribution >= 4 is 0 Å². The Morgan fingerprint density at radius 3 is 2.86 bits per heavy atom. The molecule has 1 aliphatic carbocycles. The third kappa shape index (κ3) is 3.97. The molecule has 2 heteroatoms. The normalized spacial score (nSPS) is 33.2. The molecule has 2 N–H and O–H groups in total. The van der Waals surface area contributed by atoms with E-state index in [1.165, 1.54) is 32.1 Å². The quantitative estimate of drug-likeness (QED) is 0.691. The fourth-order valence-electron chi connectivity index (χ4n) is 2.45. The first-order valence-electron chi connectivity index (χ1n) is 6.07. The Kier molecular flexibility index (Phi) is 5.49. The van der Waals surface area contributed by atoms with Crippen LogP contribution in [-0.2, 0) is 4.74 Å². The standard InChI is InChI=1S/C12H25NO/c1-3-14-8-4-5-11-9-10(2)6-7-12(11)13/h10-12H,3-9,13H2,1-2H3. The Bertz CT molecular complexity index is 149. The largest absolute Gasteiger partial charge is 0.382 e. The molecule has 0 spiro atoms. The third-order valence-corrected chi connectivity index (χ3v) is 3.37. The molecule has 2 nitrogen and oxygen atoms in total. The lowest BCUT2D eigenvalue weighted by molar-refractivity contribution is 0.131. The molecule has 0 aromatic rings. The molecule has 0 aromatic heterocycles. The van der Waals surface area contributed by atoms with Crippen molar-refractivity contribution in [1.29, 1.82) is 0 Å². The highest BCUT2D eigenvalue weighted by Gasteiger charge is 2.25. The molecule has 3 atom stereocenters.